The highest BCUT2D eigenvalue weighted by atomic mass is 32.2. The zero-order chi connectivity index (χ0) is 14.5. The summed E-state index contributed by atoms with van der Waals surface area (Å²) >= 11 is 1.71. The first-order chi connectivity index (χ1) is 10.4. The standard InChI is InChI=1S/C15H20N4OS/c1-16-14-12-4-2-3-5-13(12)17-15(18-14)21-11-8-19-6-9-20-10-7-19/h2-5H,6-11H2,1H3,(H,16,17,18). The Morgan fingerprint density at radius 3 is 2.86 bits per heavy atom. The normalized spacial score (nSPS) is 16.2. The Hall–Kier alpha value is -1.37. The molecule has 0 aliphatic carbocycles. The number of para-hydroxylation sites is 1. The van der Waals surface area contributed by atoms with Gasteiger partial charge >= 0.3 is 0 Å². The molecule has 21 heavy (non-hydrogen) atoms. The van der Waals surface area contributed by atoms with Crippen LogP contribution in [0, 0.1) is 0 Å². The first-order valence-corrected chi connectivity index (χ1v) is 8.23. The Kier molecular flexibility index (Phi) is 4.90. The van der Waals surface area contributed by atoms with Gasteiger partial charge in [0.25, 0.3) is 0 Å². The van der Waals surface area contributed by atoms with Gasteiger partial charge in [0.1, 0.15) is 5.82 Å². The topological polar surface area (TPSA) is 50.3 Å². The van der Waals surface area contributed by atoms with Crippen molar-refractivity contribution < 1.29 is 4.74 Å². The summed E-state index contributed by atoms with van der Waals surface area (Å²) in [4.78, 5) is 11.7. The predicted molar refractivity (Wildman–Crippen MR) is 87.1 cm³/mol. The Morgan fingerprint density at radius 1 is 1.24 bits per heavy atom. The second-order valence-electron chi connectivity index (χ2n) is 4.92. The molecule has 0 unspecified atom stereocenters. The highest BCUT2D eigenvalue weighted by molar-refractivity contribution is 7.99. The summed E-state index contributed by atoms with van der Waals surface area (Å²) in [5.41, 5.74) is 0.991. The fraction of sp³-hybridized carbons (Fsp3) is 0.467. The van der Waals surface area contributed by atoms with Crippen LogP contribution in [0.2, 0.25) is 0 Å². The van der Waals surface area contributed by atoms with E-state index in [2.05, 4.69) is 20.2 Å². The van der Waals surface area contributed by atoms with Gasteiger partial charge in [0, 0.05) is 37.8 Å². The van der Waals surface area contributed by atoms with Gasteiger partial charge in [0.15, 0.2) is 5.16 Å². The number of anilines is 1. The largest absolute Gasteiger partial charge is 0.379 e. The molecule has 2 aromatic rings. The van der Waals surface area contributed by atoms with Crippen molar-refractivity contribution in [1.29, 1.82) is 0 Å². The average molecular weight is 304 g/mol. The lowest BCUT2D eigenvalue weighted by molar-refractivity contribution is 0.0410. The molecule has 1 aliphatic heterocycles. The van der Waals surface area contributed by atoms with E-state index in [4.69, 9.17) is 4.74 Å². The van der Waals surface area contributed by atoms with Crippen LogP contribution in [0.5, 0.6) is 0 Å². The van der Waals surface area contributed by atoms with E-state index < -0.39 is 0 Å². The molecule has 0 spiro atoms. The van der Waals surface area contributed by atoms with E-state index in [9.17, 15) is 0 Å². The summed E-state index contributed by atoms with van der Waals surface area (Å²) in [7, 11) is 1.90. The number of morpholine rings is 1. The fourth-order valence-corrected chi connectivity index (χ4v) is 3.25. The van der Waals surface area contributed by atoms with Crippen LogP contribution in [0.1, 0.15) is 0 Å². The number of aromatic nitrogens is 2. The van der Waals surface area contributed by atoms with E-state index in [1.807, 2.05) is 31.3 Å². The lowest BCUT2D eigenvalue weighted by atomic mass is 10.2. The molecule has 1 aromatic heterocycles. The summed E-state index contributed by atoms with van der Waals surface area (Å²) in [5, 5.41) is 5.07. The van der Waals surface area contributed by atoms with Crippen molar-refractivity contribution in [2.75, 3.05) is 51.0 Å². The zero-order valence-electron chi connectivity index (χ0n) is 12.2. The molecule has 0 atom stereocenters. The van der Waals surface area contributed by atoms with Crippen LogP contribution in [0.3, 0.4) is 0 Å². The van der Waals surface area contributed by atoms with Crippen molar-refractivity contribution in [2.24, 2.45) is 0 Å². The number of nitrogens with one attached hydrogen (secondary N) is 1. The van der Waals surface area contributed by atoms with Crippen LogP contribution in [-0.2, 0) is 4.74 Å². The van der Waals surface area contributed by atoms with Crippen molar-refractivity contribution in [2.45, 2.75) is 5.16 Å². The molecule has 1 saturated heterocycles. The zero-order valence-corrected chi connectivity index (χ0v) is 13.0. The molecule has 3 rings (SSSR count). The molecular formula is C15H20N4OS. The lowest BCUT2D eigenvalue weighted by Crippen LogP contribution is -2.37. The summed E-state index contributed by atoms with van der Waals surface area (Å²) in [6, 6.07) is 8.10. The molecular weight excluding hydrogens is 284 g/mol. The van der Waals surface area contributed by atoms with Crippen LogP contribution in [-0.4, -0.2) is 60.5 Å². The van der Waals surface area contributed by atoms with Gasteiger partial charge in [-0.1, -0.05) is 23.9 Å². The molecule has 6 heteroatoms. The number of rotatable bonds is 5. The minimum absolute atomic E-state index is 0.839. The molecule has 0 amide bonds. The first-order valence-electron chi connectivity index (χ1n) is 7.24. The maximum absolute atomic E-state index is 5.36. The van der Waals surface area contributed by atoms with Crippen LogP contribution in [0.15, 0.2) is 29.4 Å². The smallest absolute Gasteiger partial charge is 0.190 e. The molecule has 0 radical (unpaired) electrons. The van der Waals surface area contributed by atoms with E-state index >= 15 is 0 Å². The fourth-order valence-electron chi connectivity index (χ4n) is 2.40. The number of nitrogens with zero attached hydrogens (tertiary/aromatic N) is 3. The van der Waals surface area contributed by atoms with Gasteiger partial charge in [-0.05, 0) is 12.1 Å². The Bertz CT molecular complexity index is 601. The third kappa shape index (κ3) is 3.64. The summed E-state index contributed by atoms with van der Waals surface area (Å²) in [6.45, 7) is 4.81. The van der Waals surface area contributed by atoms with Crippen molar-refractivity contribution in [3.8, 4) is 0 Å². The monoisotopic (exact) mass is 304 g/mol. The van der Waals surface area contributed by atoms with Crippen molar-refractivity contribution >= 4 is 28.5 Å². The third-order valence-electron chi connectivity index (χ3n) is 3.56. The third-order valence-corrected chi connectivity index (χ3v) is 4.39. The van der Waals surface area contributed by atoms with E-state index in [0.29, 0.717) is 0 Å². The number of benzene rings is 1. The number of thioether (sulfide) groups is 1. The van der Waals surface area contributed by atoms with E-state index in [0.717, 1.165) is 60.5 Å². The van der Waals surface area contributed by atoms with E-state index in [1.165, 1.54) is 0 Å². The van der Waals surface area contributed by atoms with Gasteiger partial charge in [-0.2, -0.15) is 0 Å². The van der Waals surface area contributed by atoms with Crippen LogP contribution >= 0.6 is 11.8 Å². The van der Waals surface area contributed by atoms with Gasteiger partial charge in [-0.15, -0.1) is 0 Å². The summed E-state index contributed by atoms with van der Waals surface area (Å²) in [6.07, 6.45) is 0. The van der Waals surface area contributed by atoms with Crippen LogP contribution in [0.4, 0.5) is 5.82 Å². The van der Waals surface area contributed by atoms with Crippen molar-refractivity contribution in [3.63, 3.8) is 0 Å². The molecule has 0 saturated carbocycles. The van der Waals surface area contributed by atoms with Crippen molar-refractivity contribution in [3.05, 3.63) is 24.3 Å². The van der Waals surface area contributed by atoms with Crippen LogP contribution < -0.4 is 5.32 Å². The Morgan fingerprint density at radius 2 is 2.05 bits per heavy atom. The van der Waals surface area contributed by atoms with Gasteiger partial charge < -0.3 is 10.1 Å². The van der Waals surface area contributed by atoms with E-state index in [-0.39, 0.29) is 0 Å². The van der Waals surface area contributed by atoms with Gasteiger partial charge in [0.2, 0.25) is 0 Å². The lowest BCUT2D eigenvalue weighted by Gasteiger charge is -2.26. The highest BCUT2D eigenvalue weighted by Crippen LogP contribution is 2.23. The minimum atomic E-state index is 0.839. The molecule has 1 N–H and O–H groups in total. The molecule has 0 bridgehead atoms. The second kappa shape index (κ2) is 7.06. The maximum atomic E-state index is 5.36. The molecule has 1 fully saturated rings. The second-order valence-corrected chi connectivity index (χ2v) is 5.99. The molecule has 1 aliphatic rings. The quantitative estimate of drug-likeness (QED) is 0.674. The number of fused-ring (bicyclic) bond motifs is 1. The number of hydrogen-bond acceptors (Lipinski definition) is 6. The van der Waals surface area contributed by atoms with Gasteiger partial charge in [-0.3, -0.25) is 4.90 Å². The average Bonchev–Trinajstić information content (AvgIpc) is 2.55. The molecule has 2 heterocycles. The Labute approximate surface area is 129 Å². The summed E-state index contributed by atoms with van der Waals surface area (Å²) in [5.74, 6) is 1.90. The predicted octanol–water partition coefficient (Wildman–Crippen LogP) is 2.10. The van der Waals surface area contributed by atoms with E-state index in [1.54, 1.807) is 11.8 Å². The molecule has 112 valence electrons. The van der Waals surface area contributed by atoms with Crippen molar-refractivity contribution in [1.82, 2.24) is 14.9 Å². The molecule has 5 nitrogen and oxygen atoms in total. The Balaban J connectivity index is 1.66. The summed E-state index contributed by atoms with van der Waals surface area (Å²) < 4.78 is 5.36. The number of hydrogen-bond donors (Lipinski definition) is 1. The highest BCUT2D eigenvalue weighted by Gasteiger charge is 2.11. The van der Waals surface area contributed by atoms with Gasteiger partial charge in [-0.25, -0.2) is 9.97 Å². The first kappa shape index (κ1) is 14.6. The maximum Gasteiger partial charge on any atom is 0.190 e. The van der Waals surface area contributed by atoms with Gasteiger partial charge in [0.05, 0.1) is 18.7 Å². The van der Waals surface area contributed by atoms with Crippen LogP contribution in [0.25, 0.3) is 10.9 Å². The SMILES string of the molecule is CNc1nc(SCCN2CCOCC2)nc2ccccc12. The minimum Gasteiger partial charge on any atom is -0.379 e. The molecule has 1 aromatic carbocycles. The number of ether oxygens (including phenoxy) is 1.